The maximum Gasteiger partial charge on any atom is 0.254 e. The van der Waals surface area contributed by atoms with Crippen LogP contribution in [0.15, 0.2) is 24.3 Å². The topological polar surface area (TPSA) is 49.8 Å². The van der Waals surface area contributed by atoms with E-state index in [1.165, 1.54) is 0 Å². The average molecular weight is 277 g/mol. The summed E-state index contributed by atoms with van der Waals surface area (Å²) in [6, 6.07) is 7.49. The molecule has 2 rings (SSSR count). The van der Waals surface area contributed by atoms with E-state index in [0.717, 1.165) is 37.8 Å². The van der Waals surface area contributed by atoms with Gasteiger partial charge in [-0.2, -0.15) is 0 Å². The van der Waals surface area contributed by atoms with Crippen LogP contribution in [0.1, 0.15) is 41.6 Å². The molecule has 0 spiro atoms. The van der Waals surface area contributed by atoms with Gasteiger partial charge in [-0.25, -0.2) is 0 Å². The van der Waals surface area contributed by atoms with Crippen molar-refractivity contribution in [3.63, 3.8) is 0 Å². The van der Waals surface area contributed by atoms with E-state index < -0.39 is 0 Å². The van der Waals surface area contributed by atoms with Crippen LogP contribution in [-0.4, -0.2) is 42.2 Å². The first-order valence-corrected chi connectivity index (χ1v) is 7.26. The number of hydrogen-bond acceptors (Lipinski definition) is 3. The minimum absolute atomic E-state index is 0.0231. The van der Waals surface area contributed by atoms with Gasteiger partial charge in [-0.05, 0) is 30.5 Å². The molecule has 1 aliphatic rings. The predicted octanol–water partition coefficient (Wildman–Crippen LogP) is 2.21. The molecule has 1 saturated heterocycles. The monoisotopic (exact) mass is 277 g/mol. The third kappa shape index (κ3) is 3.58. The van der Waals surface area contributed by atoms with Gasteiger partial charge in [0, 0.05) is 19.2 Å². The largest absolute Gasteiger partial charge is 0.394 e. The van der Waals surface area contributed by atoms with E-state index in [0.29, 0.717) is 12.2 Å². The fourth-order valence-electron chi connectivity index (χ4n) is 2.71. The number of carbonyl (C=O) groups excluding carboxylic acids is 1. The lowest BCUT2D eigenvalue weighted by Gasteiger charge is -2.28. The minimum Gasteiger partial charge on any atom is -0.394 e. The Hall–Kier alpha value is -1.39. The number of amides is 1. The number of hydrogen-bond donors (Lipinski definition) is 1. The second kappa shape index (κ2) is 7.41. The van der Waals surface area contributed by atoms with Crippen molar-refractivity contribution >= 4 is 5.91 Å². The lowest BCUT2D eigenvalue weighted by Crippen LogP contribution is -2.42. The highest BCUT2D eigenvalue weighted by Crippen LogP contribution is 2.19. The Morgan fingerprint density at radius 2 is 2.05 bits per heavy atom. The van der Waals surface area contributed by atoms with Crippen LogP contribution in [0.4, 0.5) is 0 Å². The average Bonchev–Trinajstić information content (AvgIpc) is 2.72. The summed E-state index contributed by atoms with van der Waals surface area (Å²) in [6.07, 6.45) is 4.13. The Kier molecular flexibility index (Phi) is 5.56. The second-order valence-corrected chi connectivity index (χ2v) is 5.31. The molecule has 0 bridgehead atoms. The number of methoxy groups -OCH3 is 1. The molecule has 1 aromatic rings. The van der Waals surface area contributed by atoms with E-state index in [4.69, 9.17) is 4.74 Å². The quantitative estimate of drug-likeness (QED) is 0.918. The van der Waals surface area contributed by atoms with Crippen molar-refractivity contribution in [3.05, 3.63) is 35.4 Å². The Labute approximate surface area is 120 Å². The van der Waals surface area contributed by atoms with E-state index in [2.05, 4.69) is 0 Å². The second-order valence-electron chi connectivity index (χ2n) is 5.31. The third-order valence-corrected chi connectivity index (χ3v) is 3.86. The number of nitrogens with zero attached hydrogens (tertiary/aromatic N) is 1. The van der Waals surface area contributed by atoms with Gasteiger partial charge in [-0.15, -0.1) is 0 Å². The number of likely N-dealkylation sites (tertiary alicyclic amines) is 1. The lowest BCUT2D eigenvalue weighted by atomic mass is 10.1. The van der Waals surface area contributed by atoms with Crippen LogP contribution in [0.25, 0.3) is 0 Å². The number of aliphatic hydroxyl groups excluding tert-OH is 1. The Morgan fingerprint density at radius 1 is 1.30 bits per heavy atom. The summed E-state index contributed by atoms with van der Waals surface area (Å²) in [7, 11) is 1.65. The fraction of sp³-hybridized carbons (Fsp3) is 0.562. The summed E-state index contributed by atoms with van der Waals surface area (Å²) >= 11 is 0. The van der Waals surface area contributed by atoms with Crippen LogP contribution in [-0.2, 0) is 11.3 Å². The van der Waals surface area contributed by atoms with Crippen molar-refractivity contribution in [2.75, 3.05) is 20.3 Å². The van der Waals surface area contributed by atoms with Gasteiger partial charge in [0.2, 0.25) is 0 Å². The van der Waals surface area contributed by atoms with Crippen molar-refractivity contribution < 1.29 is 14.6 Å². The van der Waals surface area contributed by atoms with Crippen molar-refractivity contribution in [2.24, 2.45) is 0 Å². The SMILES string of the molecule is COCc1ccc(C(=O)N2CCCCCC2CO)cc1. The third-order valence-electron chi connectivity index (χ3n) is 3.86. The smallest absolute Gasteiger partial charge is 0.254 e. The molecule has 20 heavy (non-hydrogen) atoms. The first-order valence-electron chi connectivity index (χ1n) is 7.26. The summed E-state index contributed by atoms with van der Waals surface area (Å²) in [5, 5.41) is 9.49. The van der Waals surface area contributed by atoms with Crippen molar-refractivity contribution in [3.8, 4) is 0 Å². The number of aliphatic hydroxyl groups is 1. The van der Waals surface area contributed by atoms with Crippen LogP contribution < -0.4 is 0 Å². The molecular weight excluding hydrogens is 254 g/mol. The fourth-order valence-corrected chi connectivity index (χ4v) is 2.71. The van der Waals surface area contributed by atoms with Gasteiger partial charge in [0.1, 0.15) is 0 Å². The molecule has 1 N–H and O–H groups in total. The van der Waals surface area contributed by atoms with Gasteiger partial charge in [-0.1, -0.05) is 25.0 Å². The molecule has 4 nitrogen and oxygen atoms in total. The Morgan fingerprint density at radius 3 is 2.70 bits per heavy atom. The van der Waals surface area contributed by atoms with Crippen molar-refractivity contribution in [1.29, 1.82) is 0 Å². The molecule has 1 amide bonds. The normalized spacial score (nSPS) is 19.7. The van der Waals surface area contributed by atoms with Crippen LogP contribution in [0.3, 0.4) is 0 Å². The summed E-state index contributed by atoms with van der Waals surface area (Å²) in [6.45, 7) is 1.34. The molecule has 1 aromatic carbocycles. The first kappa shape index (κ1) is 15.0. The van der Waals surface area contributed by atoms with Gasteiger partial charge < -0.3 is 14.7 Å². The highest BCUT2D eigenvalue weighted by atomic mass is 16.5. The molecule has 4 heteroatoms. The Bertz CT molecular complexity index is 430. The summed E-state index contributed by atoms with van der Waals surface area (Å²) < 4.78 is 5.07. The summed E-state index contributed by atoms with van der Waals surface area (Å²) in [5.41, 5.74) is 1.74. The molecule has 0 aromatic heterocycles. The molecule has 1 atom stereocenters. The molecule has 1 aliphatic heterocycles. The van der Waals surface area contributed by atoms with Gasteiger partial charge in [0.15, 0.2) is 0 Å². The van der Waals surface area contributed by atoms with Crippen LogP contribution in [0.5, 0.6) is 0 Å². The standard InChI is InChI=1S/C16H23NO3/c1-20-12-13-6-8-14(9-7-13)16(19)17-10-4-2-3-5-15(17)11-18/h6-9,15,18H,2-5,10-12H2,1H3. The maximum absolute atomic E-state index is 12.6. The van der Waals surface area contributed by atoms with Gasteiger partial charge in [-0.3, -0.25) is 4.79 Å². The van der Waals surface area contributed by atoms with Crippen molar-refractivity contribution in [2.45, 2.75) is 38.3 Å². The highest BCUT2D eigenvalue weighted by Gasteiger charge is 2.25. The molecule has 110 valence electrons. The predicted molar refractivity (Wildman–Crippen MR) is 77.5 cm³/mol. The lowest BCUT2D eigenvalue weighted by molar-refractivity contribution is 0.0599. The number of carbonyl (C=O) groups is 1. The number of benzene rings is 1. The zero-order valence-corrected chi connectivity index (χ0v) is 12.0. The van der Waals surface area contributed by atoms with Crippen LogP contribution >= 0.6 is 0 Å². The first-order chi connectivity index (χ1) is 9.76. The molecule has 1 heterocycles. The summed E-state index contributed by atoms with van der Waals surface area (Å²) in [5.74, 6) is 0.0231. The van der Waals surface area contributed by atoms with Crippen molar-refractivity contribution in [1.82, 2.24) is 4.90 Å². The van der Waals surface area contributed by atoms with Crippen LogP contribution in [0.2, 0.25) is 0 Å². The summed E-state index contributed by atoms with van der Waals surface area (Å²) in [4.78, 5) is 14.4. The van der Waals surface area contributed by atoms with E-state index in [1.54, 1.807) is 7.11 Å². The molecule has 0 aliphatic carbocycles. The molecule has 1 fully saturated rings. The number of ether oxygens (including phenoxy) is 1. The molecule has 1 unspecified atom stereocenters. The molecule has 0 saturated carbocycles. The minimum atomic E-state index is -0.0383. The van der Waals surface area contributed by atoms with E-state index >= 15 is 0 Å². The maximum atomic E-state index is 12.6. The zero-order valence-electron chi connectivity index (χ0n) is 12.0. The zero-order chi connectivity index (χ0) is 14.4. The van der Waals surface area contributed by atoms with E-state index in [9.17, 15) is 9.90 Å². The van der Waals surface area contributed by atoms with Gasteiger partial charge in [0.05, 0.1) is 19.3 Å². The number of rotatable bonds is 4. The van der Waals surface area contributed by atoms with Crippen LogP contribution in [0, 0.1) is 0 Å². The van der Waals surface area contributed by atoms with E-state index in [1.807, 2.05) is 29.2 Å². The molecule has 0 radical (unpaired) electrons. The van der Waals surface area contributed by atoms with Gasteiger partial charge >= 0.3 is 0 Å². The van der Waals surface area contributed by atoms with E-state index in [-0.39, 0.29) is 18.6 Å². The Balaban J connectivity index is 2.11. The van der Waals surface area contributed by atoms with Gasteiger partial charge in [0.25, 0.3) is 5.91 Å². The molecular formula is C16H23NO3. The highest BCUT2D eigenvalue weighted by molar-refractivity contribution is 5.94.